The molecule has 0 saturated carbocycles. The Kier molecular flexibility index (Phi) is 6.93. The number of likely N-dealkylation sites (tertiary alicyclic amines) is 1. The first-order valence-electron chi connectivity index (χ1n) is 12.6. The Hall–Kier alpha value is -4.14. The number of aryl methyl sites for hydroxylation is 1. The molecule has 1 saturated heterocycles. The maximum atomic E-state index is 13.9. The van der Waals surface area contributed by atoms with Gasteiger partial charge in [-0.3, -0.25) is 19.7 Å². The number of nitro groups is 1. The van der Waals surface area contributed by atoms with Crippen molar-refractivity contribution >= 4 is 17.5 Å². The number of carbonyl (C=O) groups excluding carboxylic acids is 2. The zero-order chi connectivity index (χ0) is 26.9. The summed E-state index contributed by atoms with van der Waals surface area (Å²) in [6.07, 6.45) is 2.47. The second-order valence-electron chi connectivity index (χ2n) is 10.0. The Labute approximate surface area is 218 Å². The number of carbonyl (C=O) groups is 2. The quantitative estimate of drug-likeness (QED) is 0.356. The lowest BCUT2D eigenvalue weighted by molar-refractivity contribution is -0.385. The summed E-state index contributed by atoms with van der Waals surface area (Å²) in [4.78, 5) is 37.8. The average Bonchev–Trinajstić information content (AvgIpc) is 3.20. The molecule has 7 nitrogen and oxygen atoms in total. The SMILES string of the molecule is O=C(CCc1ccccc1F)NC1CC2(CCN(C(=O)c3cc(F)cc([N+](=O)[O-])c3)CC2)c2ccccc21. The Morgan fingerprint density at radius 2 is 1.74 bits per heavy atom. The van der Waals surface area contributed by atoms with E-state index < -0.39 is 22.3 Å². The van der Waals surface area contributed by atoms with Gasteiger partial charge in [-0.2, -0.15) is 0 Å². The van der Waals surface area contributed by atoms with Gasteiger partial charge in [0.25, 0.3) is 11.6 Å². The summed E-state index contributed by atoms with van der Waals surface area (Å²) in [5, 5.41) is 14.2. The topological polar surface area (TPSA) is 92.6 Å². The minimum Gasteiger partial charge on any atom is -0.349 e. The molecule has 1 N–H and O–H groups in total. The molecule has 1 spiro atoms. The number of rotatable bonds is 6. The molecule has 2 amide bonds. The smallest absolute Gasteiger partial charge is 0.273 e. The van der Waals surface area contributed by atoms with Crippen molar-refractivity contribution in [2.45, 2.75) is 43.6 Å². The molecule has 0 aromatic heterocycles. The van der Waals surface area contributed by atoms with Crippen LogP contribution in [0.2, 0.25) is 0 Å². The van der Waals surface area contributed by atoms with Crippen LogP contribution >= 0.6 is 0 Å². The number of nitro benzene ring substituents is 1. The fraction of sp³-hybridized carbons (Fsp3) is 0.310. The van der Waals surface area contributed by atoms with E-state index in [0.29, 0.717) is 44.3 Å². The summed E-state index contributed by atoms with van der Waals surface area (Å²) in [7, 11) is 0. The number of fused-ring (bicyclic) bond motifs is 2. The van der Waals surface area contributed by atoms with E-state index >= 15 is 0 Å². The van der Waals surface area contributed by atoms with Crippen LogP contribution < -0.4 is 5.32 Å². The monoisotopic (exact) mass is 519 g/mol. The van der Waals surface area contributed by atoms with Gasteiger partial charge in [-0.15, -0.1) is 0 Å². The van der Waals surface area contributed by atoms with E-state index in [1.165, 1.54) is 6.07 Å². The Bertz CT molecular complexity index is 1400. The maximum absolute atomic E-state index is 13.9. The molecular formula is C29H27F2N3O4. The highest BCUT2D eigenvalue weighted by molar-refractivity contribution is 5.95. The zero-order valence-electron chi connectivity index (χ0n) is 20.7. The third-order valence-electron chi connectivity index (χ3n) is 7.76. The molecule has 1 unspecified atom stereocenters. The van der Waals surface area contributed by atoms with Gasteiger partial charge in [-0.05, 0) is 54.5 Å². The molecule has 1 atom stereocenters. The molecule has 1 fully saturated rings. The first-order chi connectivity index (χ1) is 18.3. The summed E-state index contributed by atoms with van der Waals surface area (Å²) < 4.78 is 27.9. The number of hydrogen-bond donors (Lipinski definition) is 1. The highest BCUT2D eigenvalue weighted by atomic mass is 19.1. The molecule has 1 aliphatic carbocycles. The van der Waals surface area contributed by atoms with Crippen LogP contribution in [0.15, 0.2) is 66.7 Å². The van der Waals surface area contributed by atoms with E-state index in [9.17, 15) is 28.5 Å². The maximum Gasteiger partial charge on any atom is 0.273 e. The van der Waals surface area contributed by atoms with E-state index in [4.69, 9.17) is 0 Å². The summed E-state index contributed by atoms with van der Waals surface area (Å²) in [5.74, 6) is -1.73. The zero-order valence-corrected chi connectivity index (χ0v) is 20.7. The minimum absolute atomic E-state index is 0.0422. The number of benzene rings is 3. The van der Waals surface area contributed by atoms with Crippen molar-refractivity contribution in [3.63, 3.8) is 0 Å². The summed E-state index contributed by atoms with van der Waals surface area (Å²) in [6, 6.07) is 17.1. The van der Waals surface area contributed by atoms with Crippen molar-refractivity contribution < 1.29 is 23.3 Å². The minimum atomic E-state index is -0.825. The van der Waals surface area contributed by atoms with Gasteiger partial charge < -0.3 is 10.2 Å². The Balaban J connectivity index is 1.26. The first-order valence-corrected chi connectivity index (χ1v) is 12.6. The summed E-state index contributed by atoms with van der Waals surface area (Å²) in [6.45, 7) is 0.816. The van der Waals surface area contributed by atoms with E-state index in [1.807, 2.05) is 18.2 Å². The van der Waals surface area contributed by atoms with E-state index in [1.54, 1.807) is 23.1 Å². The second kappa shape index (κ2) is 10.3. The third kappa shape index (κ3) is 5.01. The largest absolute Gasteiger partial charge is 0.349 e. The van der Waals surface area contributed by atoms with Crippen LogP contribution in [0.5, 0.6) is 0 Å². The van der Waals surface area contributed by atoms with Crippen LogP contribution in [0, 0.1) is 21.7 Å². The number of hydrogen-bond acceptors (Lipinski definition) is 4. The molecule has 1 aliphatic heterocycles. The number of nitrogens with one attached hydrogen (secondary N) is 1. The fourth-order valence-electron chi connectivity index (χ4n) is 5.84. The molecule has 5 rings (SSSR count). The number of non-ortho nitro benzene ring substituents is 1. The van der Waals surface area contributed by atoms with Crippen LogP contribution in [0.4, 0.5) is 14.5 Å². The number of amides is 2. The summed E-state index contributed by atoms with van der Waals surface area (Å²) in [5.41, 5.74) is 1.97. The molecule has 9 heteroatoms. The number of halogens is 2. The summed E-state index contributed by atoms with van der Waals surface area (Å²) >= 11 is 0. The second-order valence-corrected chi connectivity index (χ2v) is 10.0. The first kappa shape index (κ1) is 25.5. The normalized spacial score (nSPS) is 17.7. The van der Waals surface area contributed by atoms with Crippen molar-refractivity contribution in [2.24, 2.45) is 0 Å². The molecule has 0 bridgehead atoms. The van der Waals surface area contributed by atoms with Crippen LogP contribution in [0.1, 0.15) is 58.8 Å². The van der Waals surface area contributed by atoms with Gasteiger partial charge in [0.1, 0.15) is 11.6 Å². The van der Waals surface area contributed by atoms with E-state index in [-0.39, 0.29) is 35.2 Å². The van der Waals surface area contributed by atoms with Gasteiger partial charge in [-0.1, -0.05) is 42.5 Å². The Morgan fingerprint density at radius 3 is 2.47 bits per heavy atom. The van der Waals surface area contributed by atoms with Crippen LogP contribution in [-0.2, 0) is 16.6 Å². The number of piperidine rings is 1. The van der Waals surface area contributed by atoms with E-state index in [0.717, 1.165) is 29.3 Å². The Morgan fingerprint density at radius 1 is 1.03 bits per heavy atom. The fourth-order valence-corrected chi connectivity index (χ4v) is 5.84. The molecular weight excluding hydrogens is 492 g/mol. The third-order valence-corrected chi connectivity index (χ3v) is 7.76. The highest BCUT2D eigenvalue weighted by Crippen LogP contribution is 2.50. The van der Waals surface area contributed by atoms with Crippen molar-refractivity contribution in [3.05, 3.63) is 111 Å². The van der Waals surface area contributed by atoms with Crippen LogP contribution in [0.25, 0.3) is 0 Å². The van der Waals surface area contributed by atoms with Crippen LogP contribution in [0.3, 0.4) is 0 Å². The van der Waals surface area contributed by atoms with Gasteiger partial charge in [0.2, 0.25) is 5.91 Å². The predicted molar refractivity (Wildman–Crippen MR) is 137 cm³/mol. The molecule has 38 heavy (non-hydrogen) atoms. The lowest BCUT2D eigenvalue weighted by Crippen LogP contribution is -2.44. The molecule has 3 aromatic carbocycles. The van der Waals surface area contributed by atoms with Crippen molar-refractivity contribution in [3.8, 4) is 0 Å². The molecule has 3 aromatic rings. The van der Waals surface area contributed by atoms with Gasteiger partial charge in [0.15, 0.2) is 0 Å². The molecule has 0 radical (unpaired) electrons. The van der Waals surface area contributed by atoms with Crippen molar-refractivity contribution in [1.29, 1.82) is 0 Å². The lowest BCUT2D eigenvalue weighted by Gasteiger charge is -2.40. The van der Waals surface area contributed by atoms with E-state index in [2.05, 4.69) is 11.4 Å². The molecule has 1 heterocycles. The van der Waals surface area contributed by atoms with Crippen molar-refractivity contribution in [1.82, 2.24) is 10.2 Å². The average molecular weight is 520 g/mol. The van der Waals surface area contributed by atoms with Gasteiger partial charge in [0, 0.05) is 36.6 Å². The molecule has 196 valence electrons. The van der Waals surface area contributed by atoms with Gasteiger partial charge in [0.05, 0.1) is 17.0 Å². The van der Waals surface area contributed by atoms with Gasteiger partial charge >= 0.3 is 0 Å². The highest BCUT2D eigenvalue weighted by Gasteiger charge is 2.46. The van der Waals surface area contributed by atoms with Crippen molar-refractivity contribution in [2.75, 3.05) is 13.1 Å². The standard InChI is InChI=1S/C29H27F2N3O4/c30-21-15-20(16-22(17-21)34(37)38)28(36)33-13-11-29(12-14-33)18-26(23-6-2-3-7-24(23)29)32-27(35)10-9-19-5-1-4-8-25(19)31/h1-8,15-17,26H,9-14,18H2,(H,32,35). The lowest BCUT2D eigenvalue weighted by atomic mass is 9.73. The number of nitrogens with zero attached hydrogens (tertiary/aromatic N) is 2. The van der Waals surface area contributed by atoms with Crippen LogP contribution in [-0.4, -0.2) is 34.7 Å². The predicted octanol–water partition coefficient (Wildman–Crippen LogP) is 5.24. The van der Waals surface area contributed by atoms with Gasteiger partial charge in [-0.25, -0.2) is 8.78 Å². The molecule has 2 aliphatic rings.